The molecule has 0 saturated carbocycles. The predicted molar refractivity (Wildman–Crippen MR) is 116 cm³/mol. The summed E-state index contributed by atoms with van der Waals surface area (Å²) in [7, 11) is 0. The maximum atomic E-state index is 12.9. The standard InChI is InChI=1S/C20H30N8O2S/c29-19(27-9-3-1-5-17(27)13-25-11-7-21-23-25)15-31-16-20(30)28-10-4-2-6-18(28)14-26-12-8-22-24-26/h7-8,11-12,17-18H,1-6,9-10,13-16H2. The van der Waals surface area contributed by atoms with E-state index in [0.29, 0.717) is 24.6 Å². The number of nitrogens with zero attached hydrogens (tertiary/aromatic N) is 8. The minimum atomic E-state index is 0.112. The van der Waals surface area contributed by atoms with Gasteiger partial charge in [0.1, 0.15) is 0 Å². The zero-order chi connectivity index (χ0) is 21.5. The number of aromatic nitrogens is 6. The molecule has 2 aliphatic rings. The second kappa shape index (κ2) is 10.7. The van der Waals surface area contributed by atoms with Gasteiger partial charge in [-0.05, 0) is 38.5 Å². The summed E-state index contributed by atoms with van der Waals surface area (Å²) in [6, 6.07) is 0.293. The fourth-order valence-corrected chi connectivity index (χ4v) is 5.30. The monoisotopic (exact) mass is 446 g/mol. The van der Waals surface area contributed by atoms with Crippen LogP contribution >= 0.6 is 11.8 Å². The Morgan fingerprint density at radius 3 is 1.68 bits per heavy atom. The van der Waals surface area contributed by atoms with Gasteiger partial charge in [-0.1, -0.05) is 10.4 Å². The molecule has 0 bridgehead atoms. The average Bonchev–Trinajstić information content (AvgIpc) is 3.49. The smallest absolute Gasteiger partial charge is 0.232 e. The summed E-state index contributed by atoms with van der Waals surface area (Å²) in [6.07, 6.45) is 13.2. The number of hydrogen-bond donors (Lipinski definition) is 0. The molecule has 2 amide bonds. The molecule has 2 aromatic rings. The van der Waals surface area contributed by atoms with Crippen molar-refractivity contribution in [3.05, 3.63) is 24.8 Å². The first-order valence-corrected chi connectivity index (χ1v) is 12.2. The summed E-state index contributed by atoms with van der Waals surface area (Å²) in [5, 5.41) is 15.8. The molecule has 2 aliphatic heterocycles. The highest BCUT2D eigenvalue weighted by Gasteiger charge is 2.29. The van der Waals surface area contributed by atoms with Crippen molar-refractivity contribution in [1.82, 2.24) is 39.8 Å². The topological polar surface area (TPSA) is 102 Å². The van der Waals surface area contributed by atoms with Crippen molar-refractivity contribution in [2.75, 3.05) is 24.6 Å². The van der Waals surface area contributed by atoms with Crippen LogP contribution < -0.4 is 0 Å². The lowest BCUT2D eigenvalue weighted by molar-refractivity contribution is -0.132. The van der Waals surface area contributed by atoms with Crippen LogP contribution in [0.2, 0.25) is 0 Å². The lowest BCUT2D eigenvalue weighted by Gasteiger charge is -2.36. The third kappa shape index (κ3) is 5.84. The predicted octanol–water partition coefficient (Wildman–Crippen LogP) is 1.07. The second-order valence-electron chi connectivity index (χ2n) is 8.22. The first-order chi connectivity index (χ1) is 15.2. The summed E-state index contributed by atoms with van der Waals surface area (Å²) in [4.78, 5) is 29.7. The Kier molecular flexibility index (Phi) is 7.55. The number of likely N-dealkylation sites (tertiary alicyclic amines) is 2. The summed E-state index contributed by atoms with van der Waals surface area (Å²) >= 11 is 1.42. The Hall–Kier alpha value is -2.43. The summed E-state index contributed by atoms with van der Waals surface area (Å²) < 4.78 is 3.58. The normalized spacial score (nSPS) is 21.9. The molecule has 31 heavy (non-hydrogen) atoms. The number of carbonyl (C=O) groups is 2. The number of thioether (sulfide) groups is 1. The molecule has 0 spiro atoms. The quantitative estimate of drug-likeness (QED) is 0.597. The van der Waals surface area contributed by atoms with Gasteiger partial charge < -0.3 is 9.80 Å². The van der Waals surface area contributed by atoms with Crippen LogP contribution in [0.25, 0.3) is 0 Å². The van der Waals surface area contributed by atoms with E-state index < -0.39 is 0 Å². The highest BCUT2D eigenvalue weighted by atomic mass is 32.2. The van der Waals surface area contributed by atoms with Gasteiger partial charge in [-0.15, -0.1) is 22.0 Å². The van der Waals surface area contributed by atoms with E-state index in [1.807, 2.05) is 22.2 Å². The molecule has 2 atom stereocenters. The van der Waals surface area contributed by atoms with Crippen molar-refractivity contribution < 1.29 is 9.59 Å². The van der Waals surface area contributed by atoms with Crippen LogP contribution in [-0.4, -0.2) is 88.3 Å². The van der Waals surface area contributed by atoms with Crippen molar-refractivity contribution in [3.63, 3.8) is 0 Å². The third-order valence-corrected chi connectivity index (χ3v) is 6.99. The van der Waals surface area contributed by atoms with Gasteiger partial charge >= 0.3 is 0 Å². The van der Waals surface area contributed by atoms with Gasteiger partial charge in [0.25, 0.3) is 0 Å². The molecule has 0 N–H and O–H groups in total. The first kappa shape index (κ1) is 21.8. The zero-order valence-corrected chi connectivity index (χ0v) is 18.6. The van der Waals surface area contributed by atoms with Gasteiger partial charge in [-0.25, -0.2) is 0 Å². The minimum Gasteiger partial charge on any atom is -0.337 e. The second-order valence-corrected chi connectivity index (χ2v) is 9.20. The van der Waals surface area contributed by atoms with E-state index in [9.17, 15) is 9.59 Å². The summed E-state index contributed by atoms with van der Waals surface area (Å²) in [5.74, 6) is 0.892. The van der Waals surface area contributed by atoms with Crippen molar-refractivity contribution >= 4 is 23.6 Å². The highest BCUT2D eigenvalue weighted by molar-refractivity contribution is 8.00. The van der Waals surface area contributed by atoms with Crippen LogP contribution in [-0.2, 0) is 22.7 Å². The van der Waals surface area contributed by atoms with Crippen molar-refractivity contribution in [3.8, 4) is 0 Å². The maximum absolute atomic E-state index is 12.9. The molecule has 2 aromatic heterocycles. The van der Waals surface area contributed by atoms with E-state index in [0.717, 1.165) is 51.6 Å². The lowest BCUT2D eigenvalue weighted by atomic mass is 10.0. The number of carbonyl (C=O) groups excluding carboxylic acids is 2. The molecule has 4 heterocycles. The molecular weight excluding hydrogens is 416 g/mol. The Morgan fingerprint density at radius 1 is 0.774 bits per heavy atom. The van der Waals surface area contributed by atoms with Gasteiger partial charge in [0.2, 0.25) is 11.8 Å². The molecule has 0 aliphatic carbocycles. The van der Waals surface area contributed by atoms with E-state index in [4.69, 9.17) is 0 Å². The highest BCUT2D eigenvalue weighted by Crippen LogP contribution is 2.22. The fourth-order valence-electron chi connectivity index (χ4n) is 4.52. The Morgan fingerprint density at radius 2 is 1.26 bits per heavy atom. The van der Waals surface area contributed by atoms with Gasteiger partial charge in [0.15, 0.2) is 0 Å². The van der Waals surface area contributed by atoms with Gasteiger partial charge in [0, 0.05) is 25.5 Å². The molecular formula is C20H30N8O2S. The minimum absolute atomic E-state index is 0.112. The van der Waals surface area contributed by atoms with Crippen molar-refractivity contribution in [2.24, 2.45) is 0 Å². The number of rotatable bonds is 8. The number of amides is 2. The Labute approximate surface area is 186 Å². The summed E-state index contributed by atoms with van der Waals surface area (Å²) in [6.45, 7) is 2.90. The van der Waals surface area contributed by atoms with Crippen molar-refractivity contribution in [1.29, 1.82) is 0 Å². The molecule has 168 valence electrons. The third-order valence-electron chi connectivity index (χ3n) is 6.09. The Bertz CT molecular complexity index is 760. The van der Waals surface area contributed by atoms with Crippen molar-refractivity contribution in [2.45, 2.75) is 63.7 Å². The van der Waals surface area contributed by atoms with Crippen LogP contribution in [0, 0.1) is 0 Å². The van der Waals surface area contributed by atoms with Gasteiger partial charge in [-0.2, -0.15) is 0 Å². The van der Waals surface area contributed by atoms with E-state index in [2.05, 4.69) is 20.6 Å². The largest absolute Gasteiger partial charge is 0.337 e. The zero-order valence-electron chi connectivity index (χ0n) is 17.8. The molecule has 2 unspecified atom stereocenters. The van der Waals surface area contributed by atoms with E-state index >= 15 is 0 Å². The van der Waals surface area contributed by atoms with E-state index in [1.54, 1.807) is 21.8 Å². The van der Waals surface area contributed by atoms with E-state index in [-0.39, 0.29) is 23.9 Å². The first-order valence-electron chi connectivity index (χ1n) is 11.1. The van der Waals surface area contributed by atoms with Crippen LogP contribution in [0.1, 0.15) is 38.5 Å². The molecule has 0 radical (unpaired) electrons. The number of hydrogen-bond acceptors (Lipinski definition) is 7. The maximum Gasteiger partial charge on any atom is 0.232 e. The van der Waals surface area contributed by atoms with Crippen LogP contribution in [0.15, 0.2) is 24.8 Å². The van der Waals surface area contributed by atoms with E-state index in [1.165, 1.54) is 11.8 Å². The van der Waals surface area contributed by atoms with Gasteiger partial charge in [-0.3, -0.25) is 19.0 Å². The van der Waals surface area contributed by atoms with Crippen LogP contribution in [0.4, 0.5) is 0 Å². The molecule has 2 fully saturated rings. The molecule has 10 nitrogen and oxygen atoms in total. The molecule has 2 saturated heterocycles. The molecule has 0 aromatic carbocycles. The summed E-state index contributed by atoms with van der Waals surface area (Å²) in [5.41, 5.74) is 0. The molecule has 4 rings (SSSR count). The Balaban J connectivity index is 1.26. The number of piperidine rings is 2. The SMILES string of the molecule is O=C(CSCC(=O)N1CCCCC1Cn1ccnn1)N1CCCCC1Cn1ccnn1. The van der Waals surface area contributed by atoms with Crippen LogP contribution in [0.5, 0.6) is 0 Å². The van der Waals surface area contributed by atoms with Gasteiger partial charge in [0.05, 0.1) is 49.1 Å². The van der Waals surface area contributed by atoms with Crippen LogP contribution in [0.3, 0.4) is 0 Å². The average molecular weight is 447 g/mol. The molecule has 11 heteroatoms. The lowest BCUT2D eigenvalue weighted by Crippen LogP contribution is -2.47. The fraction of sp³-hybridized carbons (Fsp3) is 0.700.